The van der Waals surface area contributed by atoms with Crippen LogP contribution in [0, 0.1) is 17.3 Å². The first-order chi connectivity index (χ1) is 7.61. The average Bonchev–Trinajstić information content (AvgIpc) is 2.09. The number of hydrogen-bond acceptors (Lipinski definition) is 2. The molecular formula is C15H30N2. The normalized spacial score (nSPS) is 40.2. The lowest BCUT2D eigenvalue weighted by Gasteiger charge is -2.38. The molecule has 0 saturated carbocycles. The van der Waals surface area contributed by atoms with Gasteiger partial charge in [0.2, 0.25) is 0 Å². The van der Waals surface area contributed by atoms with E-state index < -0.39 is 0 Å². The minimum Gasteiger partial charge on any atom is -0.321 e. The van der Waals surface area contributed by atoms with Crippen molar-refractivity contribution in [3.05, 3.63) is 12.2 Å². The van der Waals surface area contributed by atoms with Crippen molar-refractivity contribution in [3.63, 3.8) is 0 Å². The van der Waals surface area contributed by atoms with Gasteiger partial charge in [0.05, 0.1) is 0 Å². The molecule has 2 nitrogen and oxygen atoms in total. The maximum atomic E-state index is 6.33. The molecule has 1 heterocycles. The highest BCUT2D eigenvalue weighted by atomic mass is 15.1. The Morgan fingerprint density at radius 1 is 1.18 bits per heavy atom. The molecule has 3 atom stereocenters. The van der Waals surface area contributed by atoms with E-state index in [0.29, 0.717) is 17.3 Å². The van der Waals surface area contributed by atoms with E-state index in [9.17, 15) is 0 Å². The summed E-state index contributed by atoms with van der Waals surface area (Å²) in [5.41, 5.74) is 6.48. The van der Waals surface area contributed by atoms with Crippen LogP contribution in [0.25, 0.3) is 0 Å². The van der Waals surface area contributed by atoms with Crippen molar-refractivity contribution in [2.24, 2.45) is 23.0 Å². The molecule has 0 bridgehead atoms. The molecule has 3 unspecified atom stereocenters. The average molecular weight is 238 g/mol. The zero-order valence-electron chi connectivity index (χ0n) is 12.5. The first-order valence-corrected chi connectivity index (χ1v) is 6.78. The van der Waals surface area contributed by atoms with Crippen LogP contribution in [0.4, 0.5) is 0 Å². The topological polar surface area (TPSA) is 29.3 Å². The van der Waals surface area contributed by atoms with Crippen molar-refractivity contribution in [1.29, 1.82) is 0 Å². The van der Waals surface area contributed by atoms with Crippen molar-refractivity contribution in [2.75, 3.05) is 20.1 Å². The van der Waals surface area contributed by atoms with Crippen LogP contribution in [0.15, 0.2) is 12.2 Å². The molecule has 2 N–H and O–H groups in total. The van der Waals surface area contributed by atoms with Gasteiger partial charge in [0, 0.05) is 18.6 Å². The summed E-state index contributed by atoms with van der Waals surface area (Å²) < 4.78 is 0. The van der Waals surface area contributed by atoms with Gasteiger partial charge in [-0.05, 0) is 37.6 Å². The number of allylic oxidation sites excluding steroid dienone is 1. The number of rotatable bonds is 0. The van der Waals surface area contributed by atoms with Crippen LogP contribution in [0.2, 0.25) is 0 Å². The summed E-state index contributed by atoms with van der Waals surface area (Å²) in [6, 6.07) is 0. The Morgan fingerprint density at radius 2 is 1.76 bits per heavy atom. The number of nitrogens with zero attached hydrogens (tertiary/aromatic N) is 1. The summed E-state index contributed by atoms with van der Waals surface area (Å²) in [6.45, 7) is 13.5. The number of nitrogens with two attached hydrogens (primary N) is 1. The lowest BCUT2D eigenvalue weighted by molar-refractivity contribution is 0.150. The third-order valence-corrected chi connectivity index (χ3v) is 3.86. The molecule has 0 aliphatic carbocycles. The van der Waals surface area contributed by atoms with Crippen LogP contribution in [-0.4, -0.2) is 30.6 Å². The van der Waals surface area contributed by atoms with Gasteiger partial charge >= 0.3 is 0 Å². The van der Waals surface area contributed by atoms with Crippen LogP contribution in [-0.2, 0) is 0 Å². The van der Waals surface area contributed by atoms with E-state index >= 15 is 0 Å². The first kappa shape index (κ1) is 14.7. The summed E-state index contributed by atoms with van der Waals surface area (Å²) in [5.74, 6) is 1.32. The predicted molar refractivity (Wildman–Crippen MR) is 76.0 cm³/mol. The van der Waals surface area contributed by atoms with E-state index in [1.54, 1.807) is 0 Å². The van der Waals surface area contributed by atoms with Gasteiger partial charge in [-0.3, -0.25) is 0 Å². The molecule has 1 aliphatic heterocycles. The van der Waals surface area contributed by atoms with Crippen LogP contribution < -0.4 is 5.73 Å². The van der Waals surface area contributed by atoms with Crippen molar-refractivity contribution < 1.29 is 0 Å². The highest BCUT2D eigenvalue weighted by molar-refractivity contribution is 5.06. The lowest BCUT2D eigenvalue weighted by atomic mass is 9.77. The van der Waals surface area contributed by atoms with E-state index in [4.69, 9.17) is 5.73 Å². The largest absolute Gasteiger partial charge is 0.321 e. The SMILES string of the molecule is CC1C=CC(C)(N)CN(C)CC(C)(C)CC1C. The van der Waals surface area contributed by atoms with E-state index in [0.717, 1.165) is 13.1 Å². The Hall–Kier alpha value is -0.340. The fourth-order valence-corrected chi connectivity index (χ4v) is 3.10. The van der Waals surface area contributed by atoms with E-state index in [2.05, 4.69) is 58.7 Å². The quantitative estimate of drug-likeness (QED) is 0.658. The molecule has 2 heteroatoms. The van der Waals surface area contributed by atoms with Gasteiger partial charge in [-0.1, -0.05) is 39.8 Å². The van der Waals surface area contributed by atoms with Gasteiger partial charge in [0.25, 0.3) is 0 Å². The summed E-state index contributed by atoms with van der Waals surface area (Å²) in [7, 11) is 2.18. The van der Waals surface area contributed by atoms with Crippen LogP contribution in [0.1, 0.15) is 41.0 Å². The third kappa shape index (κ3) is 4.81. The Bertz CT molecular complexity index is 279. The maximum absolute atomic E-state index is 6.33. The van der Waals surface area contributed by atoms with Crippen molar-refractivity contribution in [1.82, 2.24) is 4.90 Å². The molecule has 0 aromatic carbocycles. The second kappa shape index (κ2) is 5.11. The van der Waals surface area contributed by atoms with Crippen molar-refractivity contribution >= 4 is 0 Å². The molecule has 0 amide bonds. The Kier molecular flexibility index (Phi) is 4.43. The van der Waals surface area contributed by atoms with Crippen LogP contribution in [0.3, 0.4) is 0 Å². The van der Waals surface area contributed by atoms with Gasteiger partial charge in [-0.25, -0.2) is 0 Å². The van der Waals surface area contributed by atoms with Gasteiger partial charge in [0.15, 0.2) is 0 Å². The highest BCUT2D eigenvalue weighted by Gasteiger charge is 2.28. The van der Waals surface area contributed by atoms with Gasteiger partial charge < -0.3 is 10.6 Å². The first-order valence-electron chi connectivity index (χ1n) is 6.78. The monoisotopic (exact) mass is 238 g/mol. The molecule has 1 aliphatic rings. The fraction of sp³-hybridized carbons (Fsp3) is 0.867. The molecule has 0 aromatic heterocycles. The smallest absolute Gasteiger partial charge is 0.0439 e. The molecule has 1 rings (SSSR count). The van der Waals surface area contributed by atoms with E-state index in [-0.39, 0.29) is 5.54 Å². The second-order valence-electron chi connectivity index (χ2n) is 7.24. The molecule has 0 aromatic rings. The fourth-order valence-electron chi connectivity index (χ4n) is 3.10. The summed E-state index contributed by atoms with van der Waals surface area (Å²) >= 11 is 0. The van der Waals surface area contributed by atoms with Gasteiger partial charge in [-0.15, -0.1) is 0 Å². The third-order valence-electron chi connectivity index (χ3n) is 3.86. The lowest BCUT2D eigenvalue weighted by Crippen LogP contribution is -2.48. The molecule has 0 fully saturated rings. The molecule has 0 spiro atoms. The van der Waals surface area contributed by atoms with Crippen molar-refractivity contribution in [2.45, 2.75) is 46.6 Å². The maximum Gasteiger partial charge on any atom is 0.0439 e. The van der Waals surface area contributed by atoms with Crippen LogP contribution >= 0.6 is 0 Å². The summed E-state index contributed by atoms with van der Waals surface area (Å²) in [6.07, 6.45) is 5.77. The molecule has 0 saturated heterocycles. The summed E-state index contributed by atoms with van der Waals surface area (Å²) in [4.78, 5) is 2.37. The molecule has 100 valence electrons. The predicted octanol–water partition coefficient (Wildman–Crippen LogP) is 2.89. The van der Waals surface area contributed by atoms with E-state index in [1.165, 1.54) is 6.42 Å². The Balaban J connectivity index is 2.92. The standard InChI is InChI=1S/C15H30N2/c1-12-7-8-15(5,16)11-17(6)10-14(3,4)9-13(12)2/h7-8,12-13H,9-11,16H2,1-6H3. The van der Waals surface area contributed by atoms with E-state index in [1.807, 2.05) is 0 Å². The second-order valence-corrected chi connectivity index (χ2v) is 7.24. The zero-order valence-corrected chi connectivity index (χ0v) is 12.5. The molecular weight excluding hydrogens is 208 g/mol. The number of likely N-dealkylation sites (N-methyl/N-ethyl adjacent to an activating group) is 1. The summed E-state index contributed by atoms with van der Waals surface area (Å²) in [5, 5.41) is 0. The molecule has 0 radical (unpaired) electrons. The Labute approximate surface area is 107 Å². The molecule has 17 heavy (non-hydrogen) atoms. The highest BCUT2D eigenvalue weighted by Crippen LogP contribution is 2.32. The van der Waals surface area contributed by atoms with Gasteiger partial charge in [0.1, 0.15) is 0 Å². The van der Waals surface area contributed by atoms with Crippen LogP contribution in [0.5, 0.6) is 0 Å². The van der Waals surface area contributed by atoms with Crippen molar-refractivity contribution in [3.8, 4) is 0 Å². The Morgan fingerprint density at radius 3 is 2.35 bits per heavy atom. The minimum atomic E-state index is -0.212. The van der Waals surface area contributed by atoms with Gasteiger partial charge in [-0.2, -0.15) is 0 Å². The zero-order chi connectivity index (χ0) is 13.3. The minimum absolute atomic E-state index is 0.212. The number of hydrogen-bond donors (Lipinski definition) is 1.